The molecule has 3 nitrogen and oxygen atoms in total. The van der Waals surface area contributed by atoms with Crippen LogP contribution in [0.5, 0.6) is 0 Å². The Hall–Kier alpha value is -0.800. The summed E-state index contributed by atoms with van der Waals surface area (Å²) in [7, 11) is 1.81. The summed E-state index contributed by atoms with van der Waals surface area (Å²) in [5.74, 6) is 2.17. The highest BCUT2D eigenvalue weighted by atomic mass is 16.5. The van der Waals surface area contributed by atoms with Crippen molar-refractivity contribution in [2.45, 2.75) is 64.6 Å². The molecule has 0 bridgehead atoms. The van der Waals surface area contributed by atoms with E-state index in [1.807, 2.05) is 13.2 Å². The van der Waals surface area contributed by atoms with Gasteiger partial charge in [-0.15, -0.1) is 0 Å². The van der Waals surface area contributed by atoms with E-state index >= 15 is 0 Å². The Morgan fingerprint density at radius 3 is 2.61 bits per heavy atom. The molecule has 7 atom stereocenters. The fourth-order valence-electron chi connectivity index (χ4n) is 6.38. The molecule has 0 aromatic carbocycles. The first-order valence-corrected chi connectivity index (χ1v) is 9.22. The van der Waals surface area contributed by atoms with E-state index in [1.165, 1.54) is 5.57 Å². The van der Waals surface area contributed by atoms with Crippen LogP contribution < -0.4 is 0 Å². The maximum absolute atomic E-state index is 10.4. The topological polar surface area (TPSA) is 49.7 Å². The monoisotopic (exact) mass is 318 g/mol. The van der Waals surface area contributed by atoms with Crippen molar-refractivity contribution >= 4 is 0 Å². The molecule has 0 radical (unpaired) electrons. The van der Waals surface area contributed by atoms with Gasteiger partial charge in [0.05, 0.1) is 18.0 Å². The van der Waals surface area contributed by atoms with Gasteiger partial charge >= 0.3 is 0 Å². The molecule has 128 valence electrons. The van der Waals surface area contributed by atoms with Crippen LogP contribution in [0.25, 0.3) is 0 Å². The van der Waals surface area contributed by atoms with Crippen LogP contribution in [0, 0.1) is 28.6 Å². The molecule has 4 aliphatic rings. The quantitative estimate of drug-likeness (QED) is 0.719. The summed E-state index contributed by atoms with van der Waals surface area (Å²) < 4.78 is 5.92. The van der Waals surface area contributed by atoms with Gasteiger partial charge in [0, 0.05) is 12.5 Å². The number of aliphatic hydroxyl groups is 2. The molecule has 4 rings (SSSR count). The maximum Gasteiger partial charge on any atom is 0.0944 e. The number of aliphatic hydroxyl groups excluding tert-OH is 2. The highest BCUT2D eigenvalue weighted by Crippen LogP contribution is 2.64. The van der Waals surface area contributed by atoms with Crippen molar-refractivity contribution in [3.05, 3.63) is 23.5 Å². The highest BCUT2D eigenvalue weighted by Gasteiger charge is 2.59. The zero-order valence-corrected chi connectivity index (χ0v) is 14.6. The number of fused-ring (bicyclic) bond motifs is 5. The van der Waals surface area contributed by atoms with Gasteiger partial charge in [-0.1, -0.05) is 25.5 Å². The molecule has 2 saturated carbocycles. The fraction of sp³-hybridized carbons (Fsp3) is 0.800. The first kappa shape index (κ1) is 15.7. The third-order valence-electron chi connectivity index (χ3n) is 7.89. The summed E-state index contributed by atoms with van der Waals surface area (Å²) in [6, 6.07) is 0. The van der Waals surface area contributed by atoms with Crippen molar-refractivity contribution < 1.29 is 14.9 Å². The average Bonchev–Trinajstić information content (AvgIpc) is 2.83. The average molecular weight is 318 g/mol. The minimum Gasteiger partial charge on any atom is -0.512 e. The molecule has 0 aromatic rings. The third-order valence-corrected chi connectivity index (χ3v) is 7.89. The summed E-state index contributed by atoms with van der Waals surface area (Å²) in [4.78, 5) is 0. The number of hydrogen-bond acceptors (Lipinski definition) is 3. The van der Waals surface area contributed by atoms with E-state index in [-0.39, 0.29) is 23.0 Å². The second-order valence-electron chi connectivity index (χ2n) is 8.78. The van der Waals surface area contributed by atoms with Gasteiger partial charge in [0.2, 0.25) is 0 Å². The molecule has 0 spiro atoms. The van der Waals surface area contributed by atoms with Crippen LogP contribution in [0.3, 0.4) is 0 Å². The summed E-state index contributed by atoms with van der Waals surface area (Å²) in [6.07, 6.45) is 10.3. The number of allylic oxidation sites excluding steroid dienone is 2. The summed E-state index contributed by atoms with van der Waals surface area (Å²) in [5, 5.41) is 20.6. The fourth-order valence-corrected chi connectivity index (χ4v) is 6.38. The molecule has 2 N–H and O–H groups in total. The van der Waals surface area contributed by atoms with Crippen molar-refractivity contribution in [1.29, 1.82) is 0 Å². The molecule has 0 amide bonds. The van der Waals surface area contributed by atoms with E-state index in [2.05, 4.69) is 19.9 Å². The molecule has 0 aromatic heterocycles. The Kier molecular flexibility index (Phi) is 3.48. The van der Waals surface area contributed by atoms with Crippen molar-refractivity contribution in [3.63, 3.8) is 0 Å². The van der Waals surface area contributed by atoms with Gasteiger partial charge in [-0.2, -0.15) is 0 Å². The smallest absolute Gasteiger partial charge is 0.0944 e. The van der Waals surface area contributed by atoms with Crippen LogP contribution in [0.4, 0.5) is 0 Å². The Morgan fingerprint density at radius 2 is 1.87 bits per heavy atom. The van der Waals surface area contributed by atoms with E-state index in [4.69, 9.17) is 4.74 Å². The van der Waals surface area contributed by atoms with E-state index in [9.17, 15) is 10.2 Å². The Bertz CT molecular complexity index is 565. The second-order valence-corrected chi connectivity index (χ2v) is 8.78. The lowest BCUT2D eigenvalue weighted by Gasteiger charge is -2.58. The lowest BCUT2D eigenvalue weighted by Crippen LogP contribution is -2.54. The van der Waals surface area contributed by atoms with Crippen LogP contribution >= 0.6 is 0 Å². The lowest BCUT2D eigenvalue weighted by atomic mass is 9.47. The molecule has 4 aliphatic carbocycles. The largest absolute Gasteiger partial charge is 0.512 e. The first-order chi connectivity index (χ1) is 10.9. The van der Waals surface area contributed by atoms with E-state index in [0.29, 0.717) is 23.5 Å². The van der Waals surface area contributed by atoms with Gasteiger partial charge in [0.1, 0.15) is 0 Å². The van der Waals surface area contributed by atoms with Gasteiger partial charge < -0.3 is 14.9 Å². The van der Waals surface area contributed by atoms with Gasteiger partial charge in [0.25, 0.3) is 0 Å². The molecular formula is C20H30O3. The minimum atomic E-state index is -0.186. The molecule has 0 heterocycles. The number of rotatable bonds is 1. The van der Waals surface area contributed by atoms with Crippen LogP contribution in [-0.2, 0) is 4.74 Å². The van der Waals surface area contributed by atoms with Crippen molar-refractivity contribution in [3.8, 4) is 0 Å². The van der Waals surface area contributed by atoms with Gasteiger partial charge in [0.15, 0.2) is 0 Å². The molecule has 0 saturated heterocycles. The molecule has 23 heavy (non-hydrogen) atoms. The van der Waals surface area contributed by atoms with Crippen LogP contribution in [-0.4, -0.2) is 29.5 Å². The molecule has 3 heteroatoms. The van der Waals surface area contributed by atoms with E-state index < -0.39 is 0 Å². The highest BCUT2D eigenvalue weighted by molar-refractivity contribution is 5.30. The zero-order valence-electron chi connectivity index (χ0n) is 14.6. The molecule has 2 fully saturated rings. The minimum absolute atomic E-state index is 0.0617. The molecule has 2 unspecified atom stereocenters. The predicted octanol–water partition coefficient (Wildman–Crippen LogP) is 3.99. The van der Waals surface area contributed by atoms with Crippen LogP contribution in [0.15, 0.2) is 23.5 Å². The summed E-state index contributed by atoms with van der Waals surface area (Å²) in [6.45, 7) is 4.66. The van der Waals surface area contributed by atoms with Gasteiger partial charge in [-0.3, -0.25) is 0 Å². The Labute approximate surface area is 139 Å². The predicted molar refractivity (Wildman–Crippen MR) is 90.0 cm³/mol. The summed E-state index contributed by atoms with van der Waals surface area (Å²) >= 11 is 0. The first-order valence-electron chi connectivity index (χ1n) is 9.22. The van der Waals surface area contributed by atoms with Crippen molar-refractivity contribution in [2.24, 2.45) is 28.6 Å². The SMILES string of the molecule is COC1C=C2CC(O)CC[C@]2(C)[C@@H]2CC[C@]3(C)C(O)=CC[C@H]3[C@H]12. The van der Waals surface area contributed by atoms with Crippen LogP contribution in [0.1, 0.15) is 52.4 Å². The number of hydrogen-bond donors (Lipinski definition) is 2. The second kappa shape index (κ2) is 5.10. The molecular weight excluding hydrogens is 288 g/mol. The standard InChI is InChI=1S/C20H30O3/c1-19-8-6-13(21)10-12(19)11-16(23-3)18-14-4-5-17(22)20(14,2)9-7-15(18)19/h5,11,13-16,18,21-22H,4,6-10H2,1-3H3/t13?,14-,15+,16?,18-,19-,20-/m0/s1. The Balaban J connectivity index is 1.76. The third kappa shape index (κ3) is 2.02. The van der Waals surface area contributed by atoms with Crippen molar-refractivity contribution in [1.82, 2.24) is 0 Å². The Morgan fingerprint density at radius 1 is 1.13 bits per heavy atom. The van der Waals surface area contributed by atoms with Crippen molar-refractivity contribution in [2.75, 3.05) is 7.11 Å². The summed E-state index contributed by atoms with van der Waals surface area (Å²) in [5.41, 5.74) is 1.56. The maximum atomic E-state index is 10.4. The zero-order chi connectivity index (χ0) is 16.4. The van der Waals surface area contributed by atoms with E-state index in [1.54, 1.807) is 0 Å². The normalized spacial score (nSPS) is 52.1. The lowest BCUT2D eigenvalue weighted by molar-refractivity contribution is -0.0944. The number of ether oxygens (including phenoxy) is 1. The number of methoxy groups -OCH3 is 1. The van der Waals surface area contributed by atoms with E-state index in [0.717, 1.165) is 38.5 Å². The van der Waals surface area contributed by atoms with Gasteiger partial charge in [-0.25, -0.2) is 0 Å². The molecule has 0 aliphatic heterocycles. The van der Waals surface area contributed by atoms with Gasteiger partial charge in [-0.05, 0) is 67.8 Å². The van der Waals surface area contributed by atoms with Crippen LogP contribution in [0.2, 0.25) is 0 Å².